The first-order chi connectivity index (χ1) is 34.8. The molecule has 0 saturated heterocycles. The first kappa shape index (κ1) is 37.9. The molecular formula is C70H40. The van der Waals surface area contributed by atoms with Gasteiger partial charge in [0.15, 0.2) is 0 Å². The first-order valence-corrected chi connectivity index (χ1v) is 24.5. The molecule has 320 valence electrons. The van der Waals surface area contributed by atoms with Crippen LogP contribution >= 0.6 is 0 Å². The number of fused-ring (bicyclic) bond motifs is 10. The summed E-state index contributed by atoms with van der Waals surface area (Å²) >= 11 is 0. The van der Waals surface area contributed by atoms with Gasteiger partial charge in [-0.15, -0.1) is 0 Å². The minimum absolute atomic E-state index is 1.21. The van der Waals surface area contributed by atoms with Crippen LogP contribution in [0.25, 0.3) is 163 Å². The molecule has 0 fully saturated rings. The molecule has 0 nitrogen and oxygen atoms in total. The Bertz CT molecular complexity index is 4710. The Hall–Kier alpha value is -9.10. The van der Waals surface area contributed by atoms with Gasteiger partial charge in [0.25, 0.3) is 0 Å². The molecule has 0 amide bonds. The molecule has 16 aromatic carbocycles. The second-order valence-electron chi connectivity index (χ2n) is 19.3. The Labute approximate surface area is 403 Å². The highest BCUT2D eigenvalue weighted by Crippen LogP contribution is 2.58. The normalized spacial score (nSPS) is 12.3. The van der Waals surface area contributed by atoms with E-state index in [-0.39, 0.29) is 0 Å². The summed E-state index contributed by atoms with van der Waals surface area (Å²) in [4.78, 5) is 0. The lowest BCUT2D eigenvalue weighted by Crippen LogP contribution is -1.94. The molecule has 16 aromatic rings. The van der Waals surface area contributed by atoms with Crippen LogP contribution in [0.3, 0.4) is 0 Å². The lowest BCUT2D eigenvalue weighted by molar-refractivity contribution is 1.61. The fraction of sp³-hybridized carbons (Fsp3) is 0. The van der Waals surface area contributed by atoms with E-state index in [1.54, 1.807) is 0 Å². The van der Waals surface area contributed by atoms with Crippen molar-refractivity contribution in [3.05, 3.63) is 243 Å². The maximum Gasteiger partial charge on any atom is -0.000673 e. The van der Waals surface area contributed by atoms with E-state index in [9.17, 15) is 0 Å². The van der Waals surface area contributed by atoms with E-state index in [1.807, 2.05) is 0 Å². The molecule has 0 aromatic heterocycles. The van der Waals surface area contributed by atoms with Gasteiger partial charge in [-0.25, -0.2) is 0 Å². The summed E-state index contributed by atoms with van der Waals surface area (Å²) in [7, 11) is 0. The minimum Gasteiger partial charge on any atom is -0.0622 e. The molecule has 0 N–H and O–H groups in total. The molecule has 0 heteroatoms. The van der Waals surface area contributed by atoms with Gasteiger partial charge >= 0.3 is 0 Å². The molecule has 16 rings (SSSR count). The maximum atomic E-state index is 2.60. The lowest BCUT2D eigenvalue weighted by Gasteiger charge is -2.22. The van der Waals surface area contributed by atoms with Crippen molar-refractivity contribution in [1.29, 1.82) is 0 Å². The van der Waals surface area contributed by atoms with Crippen LogP contribution in [0.15, 0.2) is 243 Å². The van der Waals surface area contributed by atoms with Gasteiger partial charge < -0.3 is 0 Å². The van der Waals surface area contributed by atoms with Crippen molar-refractivity contribution < 1.29 is 0 Å². The molecule has 0 unspecified atom stereocenters. The molecule has 0 spiro atoms. The van der Waals surface area contributed by atoms with Crippen LogP contribution in [0.5, 0.6) is 0 Å². The van der Waals surface area contributed by atoms with E-state index in [2.05, 4.69) is 243 Å². The quantitative estimate of drug-likeness (QED) is 0.119. The van der Waals surface area contributed by atoms with Crippen molar-refractivity contribution in [2.24, 2.45) is 0 Å². The highest BCUT2D eigenvalue weighted by Gasteiger charge is 2.30. The standard InChI is InChI=1S/C70H40/c1-5-18-41(19-6-1)46-28-13-14-29-51(46)63-59-40-58-52-30-15-26-45-27-16-32-53(60(45)52)65(58)66-54-33-17-31-50-47(42-20-7-2-8-21-42)34-37-55(61(50)54)68(70(59)66)69-57-39-36-49(44-24-11-4-12-25-44)62-48(43-22-9-3-10-23-43)35-38-56(64(57)62)67(63)69/h1-40H. The van der Waals surface area contributed by atoms with Crippen molar-refractivity contribution >= 4 is 108 Å². The molecular weight excluding hydrogens is 841 g/mol. The first-order valence-electron chi connectivity index (χ1n) is 24.5. The molecule has 0 saturated carbocycles. The summed E-state index contributed by atoms with van der Waals surface area (Å²) in [6.45, 7) is 0. The number of hydrogen-bond donors (Lipinski definition) is 0. The molecule has 0 aliphatic heterocycles. The zero-order valence-corrected chi connectivity index (χ0v) is 38.1. The Morgan fingerprint density at radius 1 is 0.157 bits per heavy atom. The topological polar surface area (TPSA) is 0 Å². The van der Waals surface area contributed by atoms with Crippen LogP contribution < -0.4 is 0 Å². The van der Waals surface area contributed by atoms with Crippen LogP contribution in [-0.4, -0.2) is 0 Å². The van der Waals surface area contributed by atoms with Crippen LogP contribution in [-0.2, 0) is 0 Å². The molecule has 0 bridgehead atoms. The molecule has 0 atom stereocenters. The summed E-state index contributed by atoms with van der Waals surface area (Å²) in [6, 6.07) is 91.3. The van der Waals surface area contributed by atoms with E-state index in [4.69, 9.17) is 0 Å². The fourth-order valence-electron chi connectivity index (χ4n) is 13.2. The summed E-state index contributed by atoms with van der Waals surface area (Å²) in [5.74, 6) is 0. The van der Waals surface area contributed by atoms with Gasteiger partial charge in [0.1, 0.15) is 0 Å². The average Bonchev–Trinajstić information content (AvgIpc) is 3.94. The zero-order valence-electron chi connectivity index (χ0n) is 38.1. The van der Waals surface area contributed by atoms with Crippen LogP contribution in [0.2, 0.25) is 0 Å². The van der Waals surface area contributed by atoms with Crippen molar-refractivity contribution in [2.75, 3.05) is 0 Å². The van der Waals surface area contributed by atoms with E-state index < -0.39 is 0 Å². The number of benzene rings is 14. The third kappa shape index (κ3) is 4.99. The van der Waals surface area contributed by atoms with Crippen LogP contribution in [0.1, 0.15) is 0 Å². The van der Waals surface area contributed by atoms with Gasteiger partial charge in [0.2, 0.25) is 0 Å². The maximum absolute atomic E-state index is 2.60. The molecule has 0 aliphatic rings. The van der Waals surface area contributed by atoms with Gasteiger partial charge in [-0.1, -0.05) is 237 Å². The van der Waals surface area contributed by atoms with Crippen LogP contribution in [0, 0.1) is 0 Å². The van der Waals surface area contributed by atoms with Crippen molar-refractivity contribution in [1.82, 2.24) is 0 Å². The lowest BCUT2D eigenvalue weighted by atomic mass is 9.80. The summed E-state index contributed by atoms with van der Waals surface area (Å²) in [6.07, 6.45) is 0. The second-order valence-corrected chi connectivity index (χ2v) is 19.3. The summed E-state index contributed by atoms with van der Waals surface area (Å²) in [5.41, 5.74) is 12.4. The van der Waals surface area contributed by atoms with E-state index in [1.165, 1.54) is 163 Å². The van der Waals surface area contributed by atoms with Gasteiger partial charge in [0, 0.05) is 0 Å². The van der Waals surface area contributed by atoms with E-state index >= 15 is 0 Å². The molecule has 0 heterocycles. The number of rotatable bonds is 5. The number of hydrogen-bond acceptors (Lipinski definition) is 0. The SMILES string of the molecule is c1ccc(-c2ccccc2-c2c3cc4c5cccc6cccc(c65)c4c4c5cccc6c(-c7ccccc7)ccc(c65)c(c5c6ccc(-c7ccccc7)c7c(-c8ccccc8)ccc(c25)c76)c34)cc1. The molecule has 0 aliphatic carbocycles. The minimum atomic E-state index is 1.21. The predicted molar refractivity (Wildman–Crippen MR) is 302 cm³/mol. The van der Waals surface area contributed by atoms with Gasteiger partial charge in [-0.05, 0) is 169 Å². The van der Waals surface area contributed by atoms with Gasteiger partial charge in [-0.3, -0.25) is 0 Å². The van der Waals surface area contributed by atoms with Gasteiger partial charge in [-0.2, -0.15) is 0 Å². The average molecular weight is 881 g/mol. The molecule has 0 radical (unpaired) electrons. The Kier molecular flexibility index (Phi) is 7.70. The summed E-state index contributed by atoms with van der Waals surface area (Å²) in [5, 5.41) is 26.3. The smallest absolute Gasteiger partial charge is 0.000673 e. The highest BCUT2D eigenvalue weighted by atomic mass is 14.3. The largest absolute Gasteiger partial charge is 0.0622 e. The Morgan fingerprint density at radius 3 is 1.19 bits per heavy atom. The summed E-state index contributed by atoms with van der Waals surface area (Å²) < 4.78 is 0. The Balaban J connectivity index is 1.24. The highest BCUT2D eigenvalue weighted by molar-refractivity contribution is 6.53. The molecule has 70 heavy (non-hydrogen) atoms. The predicted octanol–water partition coefficient (Wildman–Crippen LogP) is 19.9. The van der Waals surface area contributed by atoms with Crippen molar-refractivity contribution in [3.63, 3.8) is 0 Å². The van der Waals surface area contributed by atoms with E-state index in [0.717, 1.165) is 0 Å². The monoisotopic (exact) mass is 880 g/mol. The fourth-order valence-corrected chi connectivity index (χ4v) is 13.2. The third-order valence-corrected chi connectivity index (χ3v) is 15.9. The van der Waals surface area contributed by atoms with Gasteiger partial charge in [0.05, 0.1) is 0 Å². The van der Waals surface area contributed by atoms with Crippen molar-refractivity contribution in [3.8, 4) is 55.6 Å². The zero-order chi connectivity index (χ0) is 45.6. The van der Waals surface area contributed by atoms with E-state index in [0.29, 0.717) is 0 Å². The Morgan fingerprint density at radius 2 is 0.557 bits per heavy atom. The van der Waals surface area contributed by atoms with Crippen LogP contribution in [0.4, 0.5) is 0 Å². The third-order valence-electron chi connectivity index (χ3n) is 15.9. The van der Waals surface area contributed by atoms with Crippen molar-refractivity contribution in [2.45, 2.75) is 0 Å². The second kappa shape index (κ2) is 14.2.